The summed E-state index contributed by atoms with van der Waals surface area (Å²) in [6.45, 7) is 12.5. The molecule has 0 saturated carbocycles. The summed E-state index contributed by atoms with van der Waals surface area (Å²) in [7, 11) is 0. The maximum Gasteiger partial charge on any atom is 0.0442 e. The Morgan fingerprint density at radius 2 is 1.79 bits per heavy atom. The summed E-state index contributed by atoms with van der Waals surface area (Å²) in [5.74, 6) is 0. The van der Waals surface area contributed by atoms with E-state index < -0.39 is 0 Å². The molecule has 1 rings (SSSR count). The molecule has 1 aromatic rings. The van der Waals surface area contributed by atoms with Gasteiger partial charge in [-0.05, 0) is 32.4 Å². The van der Waals surface area contributed by atoms with Crippen LogP contribution < -0.4 is 4.90 Å². The van der Waals surface area contributed by atoms with Crippen LogP contribution in [0.2, 0.25) is 0 Å². The predicted octanol–water partition coefficient (Wildman–Crippen LogP) is 3.57. The minimum atomic E-state index is 1.04. The van der Waals surface area contributed by atoms with Gasteiger partial charge in [0.1, 0.15) is 0 Å². The van der Waals surface area contributed by atoms with E-state index in [2.05, 4.69) is 56.5 Å². The molecule has 0 aliphatic heterocycles. The zero-order valence-corrected chi connectivity index (χ0v) is 9.38. The van der Waals surface area contributed by atoms with Gasteiger partial charge in [-0.3, -0.25) is 0 Å². The monoisotopic (exact) mass is 189 g/mol. The van der Waals surface area contributed by atoms with Crippen molar-refractivity contribution >= 4 is 11.3 Å². The van der Waals surface area contributed by atoms with Crippen LogP contribution in [0, 0.1) is 0 Å². The predicted molar refractivity (Wildman–Crippen MR) is 64.7 cm³/mol. The lowest BCUT2D eigenvalue weighted by molar-refractivity contribution is 0.864. The largest absolute Gasteiger partial charge is 0.372 e. The maximum absolute atomic E-state index is 4.01. The summed E-state index contributed by atoms with van der Waals surface area (Å²) < 4.78 is 0. The number of para-hydroxylation sites is 1. The first kappa shape index (κ1) is 10.8. The summed E-state index contributed by atoms with van der Waals surface area (Å²) in [5.41, 5.74) is 3.69. The van der Waals surface area contributed by atoms with Crippen molar-refractivity contribution in [2.75, 3.05) is 18.0 Å². The topological polar surface area (TPSA) is 3.24 Å². The molecule has 1 nitrogen and oxygen atoms in total. The molecule has 0 fully saturated rings. The minimum Gasteiger partial charge on any atom is -0.372 e. The molecular weight excluding hydrogens is 170 g/mol. The fourth-order valence-electron chi connectivity index (χ4n) is 1.67. The van der Waals surface area contributed by atoms with Crippen LogP contribution in [0.15, 0.2) is 30.8 Å². The molecule has 0 atom stereocenters. The molecule has 1 aromatic carbocycles. The lowest BCUT2D eigenvalue weighted by Crippen LogP contribution is -2.22. The maximum atomic E-state index is 4.01. The zero-order chi connectivity index (χ0) is 10.6. The van der Waals surface area contributed by atoms with Gasteiger partial charge in [-0.15, -0.1) is 0 Å². The molecule has 0 radical (unpaired) electrons. The van der Waals surface area contributed by atoms with E-state index in [0.717, 1.165) is 18.7 Å². The van der Waals surface area contributed by atoms with Crippen LogP contribution >= 0.6 is 0 Å². The van der Waals surface area contributed by atoms with Crippen LogP contribution in [0.4, 0.5) is 5.69 Å². The third kappa shape index (κ3) is 2.16. The van der Waals surface area contributed by atoms with Crippen molar-refractivity contribution in [2.45, 2.75) is 20.8 Å². The average Bonchev–Trinajstić information content (AvgIpc) is 2.20. The highest BCUT2D eigenvalue weighted by Gasteiger charge is 2.06. The Hall–Kier alpha value is -1.24. The van der Waals surface area contributed by atoms with E-state index >= 15 is 0 Å². The Bertz CT molecular complexity index is 311. The van der Waals surface area contributed by atoms with Gasteiger partial charge in [-0.25, -0.2) is 0 Å². The first-order chi connectivity index (χ1) is 6.70. The third-order valence-corrected chi connectivity index (χ3v) is 2.47. The van der Waals surface area contributed by atoms with E-state index in [1.165, 1.54) is 11.3 Å². The van der Waals surface area contributed by atoms with Crippen LogP contribution in [-0.2, 0) is 0 Å². The van der Waals surface area contributed by atoms with E-state index in [9.17, 15) is 0 Å². The van der Waals surface area contributed by atoms with Crippen molar-refractivity contribution in [3.05, 3.63) is 36.4 Å². The molecular formula is C13H19N. The van der Waals surface area contributed by atoms with E-state index in [1.54, 1.807) is 0 Å². The molecule has 0 saturated heterocycles. The third-order valence-electron chi connectivity index (χ3n) is 2.47. The van der Waals surface area contributed by atoms with Crippen LogP contribution in [0.5, 0.6) is 0 Å². The minimum absolute atomic E-state index is 1.04. The summed E-state index contributed by atoms with van der Waals surface area (Å²) in [4.78, 5) is 2.35. The Morgan fingerprint density at radius 1 is 1.21 bits per heavy atom. The van der Waals surface area contributed by atoms with Crippen molar-refractivity contribution in [1.29, 1.82) is 0 Å². The number of hydrogen-bond donors (Lipinski definition) is 0. The SMILES string of the molecule is C=C(C)c1ccccc1N(CC)CC. The number of hydrogen-bond acceptors (Lipinski definition) is 1. The molecule has 0 spiro atoms. The van der Waals surface area contributed by atoms with E-state index in [4.69, 9.17) is 0 Å². The number of nitrogens with zero attached hydrogens (tertiary/aromatic N) is 1. The number of benzene rings is 1. The highest BCUT2D eigenvalue weighted by molar-refractivity contribution is 5.74. The van der Waals surface area contributed by atoms with Gasteiger partial charge in [0.15, 0.2) is 0 Å². The van der Waals surface area contributed by atoms with Gasteiger partial charge in [-0.2, -0.15) is 0 Å². The summed E-state index contributed by atoms with van der Waals surface area (Å²) in [6.07, 6.45) is 0. The lowest BCUT2D eigenvalue weighted by Gasteiger charge is -2.24. The van der Waals surface area contributed by atoms with Crippen molar-refractivity contribution in [3.8, 4) is 0 Å². The molecule has 0 aliphatic rings. The first-order valence-electron chi connectivity index (χ1n) is 5.20. The van der Waals surface area contributed by atoms with Crippen molar-refractivity contribution in [1.82, 2.24) is 0 Å². The van der Waals surface area contributed by atoms with Gasteiger partial charge in [0.05, 0.1) is 0 Å². The normalized spacial score (nSPS) is 9.93. The highest BCUT2D eigenvalue weighted by atomic mass is 15.1. The van der Waals surface area contributed by atoms with E-state index in [1.807, 2.05) is 0 Å². The first-order valence-corrected chi connectivity index (χ1v) is 5.20. The molecule has 1 heteroatoms. The van der Waals surface area contributed by atoms with Gasteiger partial charge in [0.25, 0.3) is 0 Å². The van der Waals surface area contributed by atoms with E-state index in [0.29, 0.717) is 0 Å². The van der Waals surface area contributed by atoms with Gasteiger partial charge >= 0.3 is 0 Å². The van der Waals surface area contributed by atoms with Crippen LogP contribution in [0.1, 0.15) is 26.3 Å². The molecule has 0 heterocycles. The Labute approximate surface area is 87.1 Å². The second-order valence-electron chi connectivity index (χ2n) is 3.47. The van der Waals surface area contributed by atoms with Gasteiger partial charge in [-0.1, -0.05) is 24.8 Å². The average molecular weight is 189 g/mol. The summed E-state index contributed by atoms with van der Waals surface area (Å²) >= 11 is 0. The number of rotatable bonds is 4. The fourth-order valence-corrected chi connectivity index (χ4v) is 1.67. The number of anilines is 1. The summed E-state index contributed by atoms with van der Waals surface area (Å²) in [5, 5.41) is 0. The molecule has 0 N–H and O–H groups in total. The molecule has 0 amide bonds. The van der Waals surface area contributed by atoms with Gasteiger partial charge < -0.3 is 4.90 Å². The second-order valence-corrected chi connectivity index (χ2v) is 3.47. The zero-order valence-electron chi connectivity index (χ0n) is 9.38. The molecule has 0 bridgehead atoms. The Morgan fingerprint density at radius 3 is 2.29 bits per heavy atom. The Balaban J connectivity index is 3.11. The van der Waals surface area contributed by atoms with Crippen LogP contribution in [0.3, 0.4) is 0 Å². The number of allylic oxidation sites excluding steroid dienone is 1. The second kappa shape index (κ2) is 4.85. The van der Waals surface area contributed by atoms with Crippen LogP contribution in [0.25, 0.3) is 5.57 Å². The molecule has 76 valence electrons. The summed E-state index contributed by atoms with van der Waals surface area (Å²) in [6, 6.07) is 8.45. The standard InChI is InChI=1S/C13H19N/c1-5-14(6-2)13-10-8-7-9-12(13)11(3)4/h7-10H,3,5-6H2,1-2,4H3. The molecule has 0 aromatic heterocycles. The quantitative estimate of drug-likeness (QED) is 0.700. The Kier molecular flexibility index (Phi) is 3.75. The van der Waals surface area contributed by atoms with Crippen molar-refractivity contribution in [2.24, 2.45) is 0 Å². The smallest absolute Gasteiger partial charge is 0.0442 e. The van der Waals surface area contributed by atoms with Crippen LogP contribution in [-0.4, -0.2) is 13.1 Å². The molecule has 14 heavy (non-hydrogen) atoms. The van der Waals surface area contributed by atoms with Crippen molar-refractivity contribution in [3.63, 3.8) is 0 Å². The highest BCUT2D eigenvalue weighted by Crippen LogP contribution is 2.25. The van der Waals surface area contributed by atoms with Crippen molar-refractivity contribution < 1.29 is 0 Å². The van der Waals surface area contributed by atoms with Gasteiger partial charge in [0, 0.05) is 24.3 Å². The fraction of sp³-hybridized carbons (Fsp3) is 0.385. The molecule has 0 aliphatic carbocycles. The molecule has 0 unspecified atom stereocenters. The van der Waals surface area contributed by atoms with E-state index in [-0.39, 0.29) is 0 Å². The lowest BCUT2D eigenvalue weighted by atomic mass is 10.1. The van der Waals surface area contributed by atoms with Gasteiger partial charge in [0.2, 0.25) is 0 Å².